The third-order valence-corrected chi connectivity index (χ3v) is 4.66. The van der Waals surface area contributed by atoms with Gasteiger partial charge in [-0.2, -0.15) is 0 Å². The monoisotopic (exact) mass is 269 g/mol. The molecule has 1 aliphatic carbocycles. The number of benzene rings is 1. The van der Waals surface area contributed by atoms with E-state index in [0.29, 0.717) is 12.8 Å². The van der Waals surface area contributed by atoms with E-state index in [-0.39, 0.29) is 11.4 Å². The summed E-state index contributed by atoms with van der Waals surface area (Å²) in [4.78, 5) is 11.1. The van der Waals surface area contributed by atoms with Gasteiger partial charge in [0.2, 0.25) is 10.0 Å². The second-order valence-corrected chi connectivity index (χ2v) is 6.49. The first-order chi connectivity index (χ1) is 8.36. The molecule has 0 radical (unpaired) electrons. The van der Waals surface area contributed by atoms with Gasteiger partial charge in [-0.15, -0.1) is 0 Å². The SMILES string of the molecule is Cc1ccc(S(=O)(=O)NCC2(C(=O)O)CC2)cc1. The highest BCUT2D eigenvalue weighted by Gasteiger charge is 2.50. The molecule has 5 nitrogen and oxygen atoms in total. The molecule has 98 valence electrons. The van der Waals surface area contributed by atoms with E-state index in [0.717, 1.165) is 5.56 Å². The molecular formula is C12H15NO4S. The smallest absolute Gasteiger partial charge is 0.310 e. The molecule has 0 aromatic heterocycles. The molecule has 0 bridgehead atoms. The number of carboxylic acid groups (broad SMARTS) is 1. The fourth-order valence-corrected chi connectivity index (χ4v) is 2.78. The number of carbonyl (C=O) groups is 1. The first-order valence-corrected chi connectivity index (χ1v) is 7.14. The van der Waals surface area contributed by atoms with Gasteiger partial charge in [-0.05, 0) is 31.9 Å². The molecular weight excluding hydrogens is 254 g/mol. The van der Waals surface area contributed by atoms with Gasteiger partial charge in [-0.1, -0.05) is 17.7 Å². The molecule has 0 atom stereocenters. The van der Waals surface area contributed by atoms with Crippen LogP contribution in [0.2, 0.25) is 0 Å². The Hall–Kier alpha value is -1.40. The number of hydrogen-bond acceptors (Lipinski definition) is 3. The van der Waals surface area contributed by atoms with Crippen molar-refractivity contribution < 1.29 is 18.3 Å². The predicted molar refractivity (Wildman–Crippen MR) is 65.7 cm³/mol. The predicted octanol–water partition coefficient (Wildman–Crippen LogP) is 1.14. The lowest BCUT2D eigenvalue weighted by Crippen LogP contribution is -2.34. The zero-order valence-electron chi connectivity index (χ0n) is 10.0. The average Bonchev–Trinajstić information content (AvgIpc) is 3.08. The van der Waals surface area contributed by atoms with Crippen molar-refractivity contribution in [2.75, 3.05) is 6.54 Å². The normalized spacial score (nSPS) is 17.4. The molecule has 1 aromatic rings. The number of sulfonamides is 1. The van der Waals surface area contributed by atoms with Crippen LogP contribution in [0.25, 0.3) is 0 Å². The van der Waals surface area contributed by atoms with E-state index < -0.39 is 21.4 Å². The maximum absolute atomic E-state index is 11.9. The van der Waals surface area contributed by atoms with Gasteiger partial charge in [-0.3, -0.25) is 4.79 Å². The number of rotatable bonds is 5. The number of carboxylic acids is 1. The van der Waals surface area contributed by atoms with Crippen molar-refractivity contribution in [1.29, 1.82) is 0 Å². The highest BCUT2D eigenvalue weighted by molar-refractivity contribution is 7.89. The topological polar surface area (TPSA) is 83.5 Å². The molecule has 6 heteroatoms. The van der Waals surface area contributed by atoms with Crippen LogP contribution in [-0.4, -0.2) is 26.0 Å². The van der Waals surface area contributed by atoms with Crippen LogP contribution < -0.4 is 4.72 Å². The van der Waals surface area contributed by atoms with Crippen molar-refractivity contribution in [3.63, 3.8) is 0 Å². The maximum Gasteiger partial charge on any atom is 0.310 e. The fourth-order valence-electron chi connectivity index (χ4n) is 1.65. The zero-order chi connectivity index (χ0) is 13.4. The first kappa shape index (κ1) is 13.0. The number of aliphatic carboxylic acids is 1. The molecule has 1 aliphatic rings. The van der Waals surface area contributed by atoms with Crippen molar-refractivity contribution in [3.05, 3.63) is 29.8 Å². The molecule has 0 spiro atoms. The summed E-state index contributed by atoms with van der Waals surface area (Å²) in [5, 5.41) is 8.97. The molecule has 2 N–H and O–H groups in total. The Bertz CT molecular complexity index is 558. The minimum Gasteiger partial charge on any atom is -0.481 e. The maximum atomic E-state index is 11.9. The second kappa shape index (κ2) is 4.37. The largest absolute Gasteiger partial charge is 0.481 e. The molecule has 2 rings (SSSR count). The molecule has 0 saturated heterocycles. The van der Waals surface area contributed by atoms with Gasteiger partial charge in [-0.25, -0.2) is 13.1 Å². The minimum absolute atomic E-state index is 0.0431. The zero-order valence-corrected chi connectivity index (χ0v) is 10.8. The third-order valence-electron chi connectivity index (χ3n) is 3.24. The second-order valence-electron chi connectivity index (χ2n) is 4.72. The van der Waals surface area contributed by atoms with Gasteiger partial charge in [0.15, 0.2) is 0 Å². The van der Waals surface area contributed by atoms with Crippen LogP contribution in [-0.2, 0) is 14.8 Å². The Kier molecular flexibility index (Phi) is 3.16. The van der Waals surface area contributed by atoms with E-state index >= 15 is 0 Å². The van der Waals surface area contributed by atoms with Gasteiger partial charge >= 0.3 is 5.97 Å². The molecule has 18 heavy (non-hydrogen) atoms. The molecule has 1 saturated carbocycles. The molecule has 1 fully saturated rings. The number of nitrogens with one attached hydrogen (secondary N) is 1. The molecule has 1 aromatic carbocycles. The van der Waals surface area contributed by atoms with E-state index in [4.69, 9.17) is 5.11 Å². The fraction of sp³-hybridized carbons (Fsp3) is 0.417. The van der Waals surface area contributed by atoms with Gasteiger partial charge in [0, 0.05) is 6.54 Å². The minimum atomic E-state index is -3.62. The van der Waals surface area contributed by atoms with E-state index in [1.54, 1.807) is 12.1 Å². The van der Waals surface area contributed by atoms with E-state index in [1.807, 2.05) is 6.92 Å². The van der Waals surface area contributed by atoms with Crippen LogP contribution in [0.5, 0.6) is 0 Å². The van der Waals surface area contributed by atoms with E-state index in [2.05, 4.69) is 4.72 Å². The summed E-state index contributed by atoms with van der Waals surface area (Å²) in [5.41, 5.74) is 0.0794. The summed E-state index contributed by atoms with van der Waals surface area (Å²) >= 11 is 0. The van der Waals surface area contributed by atoms with Crippen LogP contribution in [0.15, 0.2) is 29.2 Å². The van der Waals surface area contributed by atoms with Crippen molar-refractivity contribution in [1.82, 2.24) is 4.72 Å². The molecule has 0 unspecified atom stereocenters. The number of hydrogen-bond donors (Lipinski definition) is 2. The van der Waals surface area contributed by atoms with Crippen molar-refractivity contribution >= 4 is 16.0 Å². The van der Waals surface area contributed by atoms with E-state index in [1.165, 1.54) is 12.1 Å². The lowest BCUT2D eigenvalue weighted by atomic mass is 10.1. The van der Waals surface area contributed by atoms with Crippen LogP contribution in [0.1, 0.15) is 18.4 Å². The lowest BCUT2D eigenvalue weighted by molar-refractivity contribution is -0.143. The Morgan fingerprint density at radius 2 is 1.89 bits per heavy atom. The van der Waals surface area contributed by atoms with E-state index in [9.17, 15) is 13.2 Å². The van der Waals surface area contributed by atoms with Crippen LogP contribution in [0.3, 0.4) is 0 Å². The Labute approximate surface area is 106 Å². The summed E-state index contributed by atoms with van der Waals surface area (Å²) in [7, 11) is -3.62. The lowest BCUT2D eigenvalue weighted by Gasteiger charge is -2.11. The average molecular weight is 269 g/mol. The Morgan fingerprint density at radius 1 is 1.33 bits per heavy atom. The first-order valence-electron chi connectivity index (χ1n) is 5.65. The molecule has 0 aliphatic heterocycles. The van der Waals surface area contributed by atoms with Crippen molar-refractivity contribution in [2.24, 2.45) is 5.41 Å². The van der Waals surface area contributed by atoms with Crippen molar-refractivity contribution in [3.8, 4) is 0 Å². The third kappa shape index (κ3) is 2.54. The van der Waals surface area contributed by atoms with Crippen molar-refractivity contribution in [2.45, 2.75) is 24.7 Å². The molecule has 0 amide bonds. The highest BCUT2D eigenvalue weighted by atomic mass is 32.2. The summed E-state index contributed by atoms with van der Waals surface area (Å²) in [5.74, 6) is -0.936. The quantitative estimate of drug-likeness (QED) is 0.839. The summed E-state index contributed by atoms with van der Waals surface area (Å²) in [6, 6.07) is 6.44. The standard InChI is InChI=1S/C12H15NO4S/c1-9-2-4-10(5-3-9)18(16,17)13-8-12(6-7-12)11(14)15/h2-5,13H,6-8H2,1H3,(H,14,15). The number of aryl methyl sites for hydroxylation is 1. The summed E-state index contributed by atoms with van der Waals surface area (Å²) in [6.07, 6.45) is 1.05. The summed E-state index contributed by atoms with van der Waals surface area (Å²) in [6.45, 7) is 1.83. The Balaban J connectivity index is 2.09. The van der Waals surface area contributed by atoms with Gasteiger partial charge < -0.3 is 5.11 Å². The highest BCUT2D eigenvalue weighted by Crippen LogP contribution is 2.45. The van der Waals surface area contributed by atoms with Crippen LogP contribution in [0.4, 0.5) is 0 Å². The van der Waals surface area contributed by atoms with Gasteiger partial charge in [0.05, 0.1) is 10.3 Å². The van der Waals surface area contributed by atoms with Crippen LogP contribution in [0, 0.1) is 12.3 Å². The van der Waals surface area contributed by atoms with Gasteiger partial charge in [0.1, 0.15) is 0 Å². The molecule has 0 heterocycles. The van der Waals surface area contributed by atoms with Gasteiger partial charge in [0.25, 0.3) is 0 Å². The van der Waals surface area contributed by atoms with Crippen LogP contribution >= 0.6 is 0 Å². The Morgan fingerprint density at radius 3 is 2.33 bits per heavy atom. The summed E-state index contributed by atoms with van der Waals surface area (Å²) < 4.78 is 26.2.